The molecule has 0 bridgehead atoms. The molecular formula is C17H17N3O2. The number of carbonyl (C=O) groups is 1. The second-order valence-electron chi connectivity index (χ2n) is 4.86. The van der Waals surface area contributed by atoms with Gasteiger partial charge in [-0.15, -0.1) is 0 Å². The highest BCUT2D eigenvalue weighted by Crippen LogP contribution is 2.22. The van der Waals surface area contributed by atoms with E-state index in [0.717, 1.165) is 16.7 Å². The van der Waals surface area contributed by atoms with Gasteiger partial charge in [-0.1, -0.05) is 6.07 Å². The Bertz CT molecular complexity index is 781. The quantitative estimate of drug-likeness (QED) is 0.787. The average molecular weight is 295 g/mol. The van der Waals surface area contributed by atoms with E-state index in [2.05, 4.69) is 10.3 Å². The maximum absolute atomic E-state index is 12.1. The van der Waals surface area contributed by atoms with Gasteiger partial charge in [0.2, 0.25) is 5.91 Å². The molecule has 2 aromatic heterocycles. The fraction of sp³-hybridized carbons (Fsp3) is 0.176. The number of benzene rings is 1. The minimum absolute atomic E-state index is 0.106. The van der Waals surface area contributed by atoms with Gasteiger partial charge >= 0.3 is 0 Å². The predicted molar refractivity (Wildman–Crippen MR) is 86.0 cm³/mol. The van der Waals surface area contributed by atoms with Crippen LogP contribution in [0.15, 0.2) is 54.9 Å². The fourth-order valence-electron chi connectivity index (χ4n) is 2.35. The lowest BCUT2D eigenvalue weighted by Crippen LogP contribution is -2.18. The van der Waals surface area contributed by atoms with Crippen molar-refractivity contribution in [2.75, 3.05) is 11.9 Å². The van der Waals surface area contributed by atoms with Crippen LogP contribution >= 0.6 is 0 Å². The number of nitrogens with zero attached hydrogens (tertiary/aromatic N) is 2. The number of carbonyl (C=O) groups excluding carboxylic acids is 1. The van der Waals surface area contributed by atoms with Gasteiger partial charge in [-0.05, 0) is 43.3 Å². The lowest BCUT2D eigenvalue weighted by Gasteiger charge is -2.07. The number of amides is 1. The molecule has 1 amide bonds. The summed E-state index contributed by atoms with van der Waals surface area (Å²) in [6.45, 7) is 2.84. The third-order valence-corrected chi connectivity index (χ3v) is 3.30. The minimum Gasteiger partial charge on any atom is -0.494 e. The van der Waals surface area contributed by atoms with Gasteiger partial charge in [0.05, 0.1) is 6.61 Å². The maximum Gasteiger partial charge on any atom is 0.245 e. The first kappa shape index (κ1) is 14.1. The van der Waals surface area contributed by atoms with E-state index in [9.17, 15) is 4.79 Å². The van der Waals surface area contributed by atoms with Crippen LogP contribution < -0.4 is 10.1 Å². The molecule has 0 aliphatic heterocycles. The molecular weight excluding hydrogens is 278 g/mol. The van der Waals surface area contributed by atoms with Gasteiger partial charge in [-0.25, -0.2) is 4.98 Å². The van der Waals surface area contributed by atoms with Crippen LogP contribution in [-0.4, -0.2) is 22.1 Å². The molecule has 112 valence electrons. The molecule has 5 nitrogen and oxygen atoms in total. The summed E-state index contributed by atoms with van der Waals surface area (Å²) in [6, 6.07) is 13.2. The standard InChI is InChI=1S/C17H17N3O2/c1-2-22-14-6-7-15-13(11-14)8-10-20(15)12-17(21)19-16-5-3-4-9-18-16/h3-11H,2,12H2,1H3,(H,18,19,21). The van der Waals surface area contributed by atoms with Crippen LogP contribution in [0, 0.1) is 0 Å². The highest BCUT2D eigenvalue weighted by atomic mass is 16.5. The number of nitrogens with one attached hydrogen (secondary N) is 1. The Morgan fingerprint density at radius 2 is 2.18 bits per heavy atom. The van der Waals surface area contributed by atoms with E-state index in [1.54, 1.807) is 12.3 Å². The summed E-state index contributed by atoms with van der Waals surface area (Å²) in [5, 5.41) is 3.83. The number of ether oxygens (including phenoxy) is 1. The Morgan fingerprint density at radius 1 is 1.27 bits per heavy atom. The van der Waals surface area contributed by atoms with Crippen molar-refractivity contribution >= 4 is 22.6 Å². The van der Waals surface area contributed by atoms with Gasteiger partial charge in [0, 0.05) is 23.3 Å². The number of hydrogen-bond donors (Lipinski definition) is 1. The van der Waals surface area contributed by atoms with E-state index in [-0.39, 0.29) is 12.5 Å². The van der Waals surface area contributed by atoms with Crippen molar-refractivity contribution in [3.05, 3.63) is 54.9 Å². The first-order valence-electron chi connectivity index (χ1n) is 7.19. The molecule has 5 heteroatoms. The molecule has 1 aromatic carbocycles. The number of pyridine rings is 1. The van der Waals surface area contributed by atoms with Crippen LogP contribution in [0.5, 0.6) is 5.75 Å². The molecule has 0 atom stereocenters. The molecule has 3 aromatic rings. The monoisotopic (exact) mass is 295 g/mol. The molecule has 0 spiro atoms. The molecule has 0 aliphatic rings. The summed E-state index contributed by atoms with van der Waals surface area (Å²) in [7, 11) is 0. The minimum atomic E-state index is -0.106. The predicted octanol–water partition coefficient (Wildman–Crippen LogP) is 3.07. The van der Waals surface area contributed by atoms with Gasteiger partial charge in [0.1, 0.15) is 18.1 Å². The van der Waals surface area contributed by atoms with Gasteiger partial charge < -0.3 is 14.6 Å². The van der Waals surface area contributed by atoms with Crippen molar-refractivity contribution < 1.29 is 9.53 Å². The van der Waals surface area contributed by atoms with E-state index in [1.807, 2.05) is 54.1 Å². The van der Waals surface area contributed by atoms with Crippen LogP contribution in [0.2, 0.25) is 0 Å². The molecule has 0 fully saturated rings. The third-order valence-electron chi connectivity index (χ3n) is 3.30. The van der Waals surface area contributed by atoms with E-state index in [1.165, 1.54) is 0 Å². The smallest absolute Gasteiger partial charge is 0.245 e. The zero-order valence-electron chi connectivity index (χ0n) is 12.3. The molecule has 0 saturated heterocycles. The molecule has 22 heavy (non-hydrogen) atoms. The molecule has 1 N–H and O–H groups in total. The topological polar surface area (TPSA) is 56.1 Å². The van der Waals surface area contributed by atoms with Crippen molar-refractivity contribution in [1.82, 2.24) is 9.55 Å². The lowest BCUT2D eigenvalue weighted by molar-refractivity contribution is -0.116. The number of fused-ring (bicyclic) bond motifs is 1. The van der Waals surface area contributed by atoms with Crippen LogP contribution in [-0.2, 0) is 11.3 Å². The van der Waals surface area contributed by atoms with E-state index in [0.29, 0.717) is 12.4 Å². The fourth-order valence-corrected chi connectivity index (χ4v) is 2.35. The Labute approximate surface area is 128 Å². The Hall–Kier alpha value is -2.82. The van der Waals surface area contributed by atoms with Crippen molar-refractivity contribution in [1.29, 1.82) is 0 Å². The molecule has 2 heterocycles. The van der Waals surface area contributed by atoms with Crippen molar-refractivity contribution in [3.8, 4) is 5.75 Å². The van der Waals surface area contributed by atoms with E-state index in [4.69, 9.17) is 4.74 Å². The SMILES string of the molecule is CCOc1ccc2c(ccn2CC(=O)Nc2ccccn2)c1. The number of anilines is 1. The lowest BCUT2D eigenvalue weighted by atomic mass is 10.2. The van der Waals surface area contributed by atoms with Crippen LogP contribution in [0.4, 0.5) is 5.82 Å². The van der Waals surface area contributed by atoms with Crippen molar-refractivity contribution in [2.24, 2.45) is 0 Å². The van der Waals surface area contributed by atoms with Crippen LogP contribution in [0.1, 0.15) is 6.92 Å². The number of hydrogen-bond acceptors (Lipinski definition) is 3. The van der Waals surface area contributed by atoms with Gasteiger partial charge in [-0.2, -0.15) is 0 Å². The summed E-state index contributed by atoms with van der Waals surface area (Å²) in [5.41, 5.74) is 1.000. The summed E-state index contributed by atoms with van der Waals surface area (Å²) < 4.78 is 7.39. The third kappa shape index (κ3) is 3.09. The Kier molecular flexibility index (Phi) is 4.05. The Balaban J connectivity index is 1.75. The molecule has 0 unspecified atom stereocenters. The van der Waals surface area contributed by atoms with Gasteiger partial charge in [0.15, 0.2) is 0 Å². The molecule has 3 rings (SSSR count). The summed E-state index contributed by atoms with van der Waals surface area (Å²) >= 11 is 0. The number of aromatic nitrogens is 2. The first-order valence-corrected chi connectivity index (χ1v) is 7.19. The Morgan fingerprint density at radius 3 is 2.95 bits per heavy atom. The van der Waals surface area contributed by atoms with Gasteiger partial charge in [-0.3, -0.25) is 4.79 Å². The number of rotatable bonds is 5. The second kappa shape index (κ2) is 6.30. The molecule has 0 radical (unpaired) electrons. The van der Waals surface area contributed by atoms with Crippen LogP contribution in [0.25, 0.3) is 10.9 Å². The summed E-state index contributed by atoms with van der Waals surface area (Å²) in [6.07, 6.45) is 3.55. The highest BCUT2D eigenvalue weighted by molar-refractivity contribution is 5.91. The average Bonchev–Trinajstić information content (AvgIpc) is 2.91. The van der Waals surface area contributed by atoms with Gasteiger partial charge in [0.25, 0.3) is 0 Å². The largest absolute Gasteiger partial charge is 0.494 e. The first-order chi connectivity index (χ1) is 10.8. The maximum atomic E-state index is 12.1. The second-order valence-corrected chi connectivity index (χ2v) is 4.86. The van der Waals surface area contributed by atoms with E-state index < -0.39 is 0 Å². The van der Waals surface area contributed by atoms with Crippen LogP contribution in [0.3, 0.4) is 0 Å². The molecule has 0 aliphatic carbocycles. The van der Waals surface area contributed by atoms with Crippen molar-refractivity contribution in [3.63, 3.8) is 0 Å². The molecule has 0 saturated carbocycles. The normalized spacial score (nSPS) is 10.6. The zero-order valence-corrected chi connectivity index (χ0v) is 12.3. The van der Waals surface area contributed by atoms with E-state index >= 15 is 0 Å². The summed E-state index contributed by atoms with van der Waals surface area (Å²) in [5.74, 6) is 1.29. The highest BCUT2D eigenvalue weighted by Gasteiger charge is 2.08. The summed E-state index contributed by atoms with van der Waals surface area (Å²) in [4.78, 5) is 16.2. The zero-order chi connectivity index (χ0) is 15.4. The van der Waals surface area contributed by atoms with Crippen molar-refractivity contribution in [2.45, 2.75) is 13.5 Å².